The molecule has 0 saturated heterocycles. The molecule has 170 valence electrons. The average Bonchev–Trinajstić information content (AvgIpc) is 3.09. The van der Waals surface area contributed by atoms with Crippen molar-refractivity contribution in [1.29, 1.82) is 0 Å². The lowest BCUT2D eigenvalue weighted by atomic mass is 10.1. The largest absolute Gasteiger partial charge is 0.494 e. The number of carbonyl (C=O) groups excluding carboxylic acids is 1. The summed E-state index contributed by atoms with van der Waals surface area (Å²) in [5, 5.41) is 2.94. The Kier molecular flexibility index (Phi) is 5.37. The van der Waals surface area contributed by atoms with Gasteiger partial charge in [0.2, 0.25) is 0 Å². The summed E-state index contributed by atoms with van der Waals surface area (Å²) in [5.74, 6) is 0.682. The zero-order chi connectivity index (χ0) is 23.8. The van der Waals surface area contributed by atoms with E-state index in [1.165, 1.54) is 0 Å². The van der Waals surface area contributed by atoms with Crippen molar-refractivity contribution in [3.05, 3.63) is 83.4 Å². The third kappa shape index (κ3) is 3.81. The minimum Gasteiger partial charge on any atom is -0.494 e. The fourth-order valence-corrected chi connectivity index (χ4v) is 4.22. The van der Waals surface area contributed by atoms with Crippen LogP contribution in [0.2, 0.25) is 0 Å². The van der Waals surface area contributed by atoms with Crippen molar-refractivity contribution in [3.8, 4) is 11.4 Å². The molecule has 0 fully saturated rings. The van der Waals surface area contributed by atoms with E-state index >= 15 is 0 Å². The van der Waals surface area contributed by atoms with Gasteiger partial charge in [-0.25, -0.2) is 9.97 Å². The van der Waals surface area contributed by atoms with E-state index in [4.69, 9.17) is 20.4 Å². The summed E-state index contributed by atoms with van der Waals surface area (Å²) < 4.78 is 7.29. The highest BCUT2D eigenvalue weighted by Gasteiger charge is 2.25. The molecule has 0 aliphatic carbocycles. The first kappa shape index (κ1) is 21.5. The molecule has 0 atom stereocenters. The molecular weight excluding hydrogens is 426 g/mol. The Labute approximate surface area is 197 Å². The number of hydrogen-bond acceptors (Lipinski definition) is 5. The van der Waals surface area contributed by atoms with E-state index in [1.54, 1.807) is 12.1 Å². The van der Waals surface area contributed by atoms with Crippen LogP contribution in [0.4, 0.5) is 11.5 Å². The van der Waals surface area contributed by atoms with E-state index < -0.39 is 0 Å². The lowest BCUT2D eigenvalue weighted by molar-refractivity contribution is 0.102. The molecule has 7 heteroatoms. The second kappa shape index (κ2) is 8.51. The molecule has 0 aliphatic rings. The SMILES string of the molecule is CCOc1ccc(NC(=O)c2c(N)n(-c3cc(C)cc(C)c3)c3nc4ccccc4nc23)cc1. The number of hydrogen-bond donors (Lipinski definition) is 2. The second-order valence-corrected chi connectivity index (χ2v) is 8.24. The summed E-state index contributed by atoms with van der Waals surface area (Å²) in [6.07, 6.45) is 0. The quantitative estimate of drug-likeness (QED) is 0.372. The van der Waals surface area contributed by atoms with Gasteiger partial charge in [0, 0.05) is 11.4 Å². The molecule has 0 saturated carbocycles. The van der Waals surface area contributed by atoms with Crippen molar-refractivity contribution in [2.45, 2.75) is 20.8 Å². The first-order chi connectivity index (χ1) is 16.4. The van der Waals surface area contributed by atoms with Gasteiger partial charge in [-0.05, 0) is 80.4 Å². The summed E-state index contributed by atoms with van der Waals surface area (Å²) in [5.41, 5.74) is 13.0. The molecule has 1 amide bonds. The van der Waals surface area contributed by atoms with Crippen molar-refractivity contribution in [1.82, 2.24) is 14.5 Å². The summed E-state index contributed by atoms with van der Waals surface area (Å²) in [4.78, 5) is 23.1. The normalized spacial score (nSPS) is 11.1. The van der Waals surface area contributed by atoms with E-state index in [1.807, 2.05) is 73.9 Å². The zero-order valence-corrected chi connectivity index (χ0v) is 19.3. The molecule has 0 radical (unpaired) electrons. The van der Waals surface area contributed by atoms with Gasteiger partial charge in [-0.1, -0.05) is 18.2 Å². The Morgan fingerprint density at radius 2 is 1.62 bits per heavy atom. The molecule has 2 heterocycles. The number of anilines is 2. The fraction of sp³-hybridized carbons (Fsp3) is 0.148. The van der Waals surface area contributed by atoms with Crippen LogP contribution >= 0.6 is 0 Å². The summed E-state index contributed by atoms with van der Waals surface area (Å²) in [6.45, 7) is 6.56. The van der Waals surface area contributed by atoms with E-state index in [-0.39, 0.29) is 5.91 Å². The number of nitrogen functional groups attached to an aromatic ring is 1. The van der Waals surface area contributed by atoms with Crippen molar-refractivity contribution in [2.75, 3.05) is 17.7 Å². The van der Waals surface area contributed by atoms with Crippen molar-refractivity contribution in [2.24, 2.45) is 0 Å². The number of amides is 1. The van der Waals surface area contributed by atoms with Crippen molar-refractivity contribution < 1.29 is 9.53 Å². The number of benzene rings is 3. The van der Waals surface area contributed by atoms with Gasteiger partial charge in [0.05, 0.1) is 17.6 Å². The first-order valence-electron chi connectivity index (χ1n) is 11.1. The number of ether oxygens (including phenoxy) is 1. The topological polar surface area (TPSA) is 95.1 Å². The van der Waals surface area contributed by atoms with Gasteiger partial charge in [-0.15, -0.1) is 0 Å². The lowest BCUT2D eigenvalue weighted by Gasteiger charge is -2.10. The van der Waals surface area contributed by atoms with Crippen LogP contribution in [0.1, 0.15) is 28.4 Å². The highest BCUT2D eigenvalue weighted by Crippen LogP contribution is 2.32. The van der Waals surface area contributed by atoms with Crippen LogP contribution in [-0.4, -0.2) is 27.0 Å². The van der Waals surface area contributed by atoms with Crippen LogP contribution in [0, 0.1) is 13.8 Å². The highest BCUT2D eigenvalue weighted by atomic mass is 16.5. The Balaban J connectivity index is 1.68. The van der Waals surface area contributed by atoms with Crippen molar-refractivity contribution >= 4 is 39.6 Å². The molecule has 0 aliphatic heterocycles. The number of aryl methyl sites for hydroxylation is 2. The summed E-state index contributed by atoms with van der Waals surface area (Å²) >= 11 is 0. The fourth-order valence-electron chi connectivity index (χ4n) is 4.22. The smallest absolute Gasteiger partial charge is 0.261 e. The highest BCUT2D eigenvalue weighted by molar-refractivity contribution is 6.16. The van der Waals surface area contributed by atoms with Gasteiger partial charge in [-0.3, -0.25) is 9.36 Å². The Morgan fingerprint density at radius 1 is 0.971 bits per heavy atom. The predicted molar refractivity (Wildman–Crippen MR) is 136 cm³/mol. The number of rotatable bonds is 5. The molecule has 7 nitrogen and oxygen atoms in total. The molecule has 34 heavy (non-hydrogen) atoms. The van der Waals surface area contributed by atoms with Gasteiger partial charge in [0.25, 0.3) is 5.91 Å². The van der Waals surface area contributed by atoms with Crippen LogP contribution in [0.25, 0.3) is 27.9 Å². The number of fused-ring (bicyclic) bond motifs is 2. The predicted octanol–water partition coefficient (Wildman–Crippen LogP) is 5.42. The Bertz CT molecular complexity index is 1520. The summed E-state index contributed by atoms with van der Waals surface area (Å²) in [7, 11) is 0. The number of carbonyl (C=O) groups is 1. The van der Waals surface area contributed by atoms with E-state index in [9.17, 15) is 4.79 Å². The molecule has 0 unspecified atom stereocenters. The van der Waals surface area contributed by atoms with E-state index in [2.05, 4.69) is 11.4 Å². The number of nitrogens with two attached hydrogens (primary N) is 1. The van der Waals surface area contributed by atoms with Gasteiger partial charge in [0.15, 0.2) is 5.65 Å². The molecule has 2 aromatic heterocycles. The number of nitrogens with one attached hydrogen (secondary N) is 1. The van der Waals surface area contributed by atoms with Crippen LogP contribution in [0.3, 0.4) is 0 Å². The minimum absolute atomic E-state index is 0.291. The van der Waals surface area contributed by atoms with E-state index in [0.29, 0.717) is 40.4 Å². The standard InChI is InChI=1S/C27H25N5O2/c1-4-34-20-11-9-18(10-12-20)29-27(33)23-24-26(31-22-8-6-5-7-21(22)30-24)32(25(23)28)19-14-16(2)13-17(3)15-19/h5-15H,4,28H2,1-3H3,(H,29,33). The Morgan fingerprint density at radius 3 is 2.26 bits per heavy atom. The Hall–Kier alpha value is -4.39. The summed E-state index contributed by atoms with van der Waals surface area (Å²) in [6, 6.07) is 20.9. The molecule has 3 aromatic carbocycles. The molecule has 3 N–H and O–H groups in total. The molecule has 0 bridgehead atoms. The molecular formula is C27H25N5O2. The third-order valence-corrected chi connectivity index (χ3v) is 5.61. The first-order valence-corrected chi connectivity index (χ1v) is 11.1. The van der Waals surface area contributed by atoms with Gasteiger partial charge >= 0.3 is 0 Å². The second-order valence-electron chi connectivity index (χ2n) is 8.24. The monoisotopic (exact) mass is 451 g/mol. The van der Waals surface area contributed by atoms with Crippen LogP contribution in [0.5, 0.6) is 5.75 Å². The zero-order valence-electron chi connectivity index (χ0n) is 19.3. The number of aromatic nitrogens is 3. The third-order valence-electron chi connectivity index (χ3n) is 5.61. The molecule has 5 aromatic rings. The minimum atomic E-state index is -0.348. The maximum atomic E-state index is 13.5. The van der Waals surface area contributed by atoms with Gasteiger partial charge < -0.3 is 15.8 Å². The van der Waals surface area contributed by atoms with E-state index in [0.717, 1.165) is 28.1 Å². The van der Waals surface area contributed by atoms with Crippen LogP contribution in [-0.2, 0) is 0 Å². The number of nitrogens with zero attached hydrogens (tertiary/aromatic N) is 3. The maximum absolute atomic E-state index is 13.5. The van der Waals surface area contributed by atoms with Gasteiger partial charge in [-0.2, -0.15) is 0 Å². The van der Waals surface area contributed by atoms with Gasteiger partial charge in [0.1, 0.15) is 22.6 Å². The molecule has 0 spiro atoms. The number of para-hydroxylation sites is 2. The lowest BCUT2D eigenvalue weighted by Crippen LogP contribution is -2.14. The van der Waals surface area contributed by atoms with Crippen LogP contribution < -0.4 is 15.8 Å². The molecule has 5 rings (SSSR count). The van der Waals surface area contributed by atoms with Crippen LogP contribution in [0.15, 0.2) is 66.7 Å². The van der Waals surface area contributed by atoms with Crippen molar-refractivity contribution in [3.63, 3.8) is 0 Å². The maximum Gasteiger partial charge on any atom is 0.261 e. The average molecular weight is 452 g/mol.